The molecule has 0 amide bonds. The van der Waals surface area contributed by atoms with Crippen LogP contribution in [0.4, 0.5) is 0 Å². The van der Waals surface area contributed by atoms with Crippen LogP contribution in [0.25, 0.3) is 0 Å². The highest BCUT2D eigenvalue weighted by atomic mass is 32.2. The molecule has 0 radical (unpaired) electrons. The quantitative estimate of drug-likeness (QED) is 0.770. The van der Waals surface area contributed by atoms with E-state index in [1.165, 1.54) is 0 Å². The fourth-order valence-electron chi connectivity index (χ4n) is 1.59. The lowest BCUT2D eigenvalue weighted by molar-refractivity contribution is 0.195. The van der Waals surface area contributed by atoms with Crippen molar-refractivity contribution in [3.05, 3.63) is 35.4 Å². The fourth-order valence-corrected chi connectivity index (χ4v) is 2.92. The highest BCUT2D eigenvalue weighted by Gasteiger charge is 2.10. The summed E-state index contributed by atoms with van der Waals surface area (Å²) in [6.45, 7) is 5.33. The largest absolute Gasteiger partial charge is 0.391 e. The molecule has 0 aliphatic rings. The third-order valence-electron chi connectivity index (χ3n) is 2.59. The molecule has 1 aromatic rings. The second-order valence-electron chi connectivity index (χ2n) is 4.14. The summed E-state index contributed by atoms with van der Waals surface area (Å²) in [4.78, 5) is 0. The van der Waals surface area contributed by atoms with Crippen molar-refractivity contribution in [2.45, 2.75) is 25.7 Å². The summed E-state index contributed by atoms with van der Waals surface area (Å²) in [5.41, 5.74) is 2.25. The zero-order valence-electron chi connectivity index (χ0n) is 10.5. The zero-order valence-corrected chi connectivity index (χ0v) is 11.3. The van der Waals surface area contributed by atoms with Crippen LogP contribution < -0.4 is 5.32 Å². The second-order valence-corrected chi connectivity index (χ2v) is 5.64. The average molecular weight is 255 g/mol. The van der Waals surface area contributed by atoms with E-state index in [1.54, 1.807) is 0 Å². The van der Waals surface area contributed by atoms with Gasteiger partial charge in [-0.15, -0.1) is 0 Å². The molecule has 4 heteroatoms. The van der Waals surface area contributed by atoms with Gasteiger partial charge in [0.15, 0.2) is 0 Å². The van der Waals surface area contributed by atoms with Crippen molar-refractivity contribution in [2.75, 3.05) is 18.8 Å². The number of hydrogen-bond donors (Lipinski definition) is 2. The van der Waals surface area contributed by atoms with Gasteiger partial charge in [-0.25, -0.2) is 0 Å². The van der Waals surface area contributed by atoms with Crippen molar-refractivity contribution in [3.8, 4) is 0 Å². The van der Waals surface area contributed by atoms with E-state index in [0.29, 0.717) is 18.1 Å². The molecule has 2 atom stereocenters. The Kier molecular flexibility index (Phi) is 6.40. The molecular weight excluding hydrogens is 234 g/mol. The van der Waals surface area contributed by atoms with E-state index in [1.807, 2.05) is 38.1 Å². The summed E-state index contributed by atoms with van der Waals surface area (Å²) >= 11 is 0. The van der Waals surface area contributed by atoms with Crippen LogP contribution >= 0.6 is 0 Å². The van der Waals surface area contributed by atoms with Gasteiger partial charge >= 0.3 is 0 Å². The third kappa shape index (κ3) is 5.44. The van der Waals surface area contributed by atoms with Crippen molar-refractivity contribution < 1.29 is 9.32 Å². The predicted octanol–water partition coefficient (Wildman–Crippen LogP) is 1.21. The van der Waals surface area contributed by atoms with Gasteiger partial charge in [0.05, 0.1) is 11.9 Å². The van der Waals surface area contributed by atoms with Gasteiger partial charge in [-0.1, -0.05) is 31.2 Å². The first-order valence-corrected chi connectivity index (χ1v) is 7.40. The molecule has 96 valence electrons. The standard InChI is InChI=1S/C13H21NO2S/c1-3-14-8-13(15)10-17(16)9-12-7-5-4-6-11(12)2/h4-7,13-15H,3,8-10H2,1-2H3. The molecule has 17 heavy (non-hydrogen) atoms. The van der Waals surface area contributed by atoms with Crippen LogP contribution in [0.2, 0.25) is 0 Å². The molecule has 0 aliphatic carbocycles. The van der Waals surface area contributed by atoms with Crippen molar-refractivity contribution in [1.29, 1.82) is 0 Å². The Morgan fingerprint density at radius 3 is 2.76 bits per heavy atom. The van der Waals surface area contributed by atoms with Gasteiger partial charge in [0.25, 0.3) is 0 Å². The Morgan fingerprint density at radius 1 is 1.41 bits per heavy atom. The molecule has 2 unspecified atom stereocenters. The Hall–Kier alpha value is -0.710. The van der Waals surface area contributed by atoms with Crippen molar-refractivity contribution in [1.82, 2.24) is 5.32 Å². The molecule has 3 nitrogen and oxygen atoms in total. The number of rotatable bonds is 7. The molecule has 1 aromatic carbocycles. The molecule has 0 heterocycles. The van der Waals surface area contributed by atoms with Crippen molar-refractivity contribution >= 4 is 10.8 Å². The molecule has 0 fully saturated rings. The van der Waals surface area contributed by atoms with Gasteiger partial charge in [-0.3, -0.25) is 4.21 Å². The smallest absolute Gasteiger partial charge is 0.0779 e. The maximum atomic E-state index is 11.9. The molecule has 2 N–H and O–H groups in total. The van der Waals surface area contributed by atoms with Gasteiger partial charge in [-0.05, 0) is 24.6 Å². The lowest BCUT2D eigenvalue weighted by Gasteiger charge is -2.11. The van der Waals surface area contributed by atoms with Crippen LogP contribution in [0.3, 0.4) is 0 Å². The van der Waals surface area contributed by atoms with Gasteiger partial charge < -0.3 is 10.4 Å². The number of aliphatic hydroxyl groups is 1. The summed E-state index contributed by atoms with van der Waals surface area (Å²) in [6.07, 6.45) is -0.528. The van der Waals surface area contributed by atoms with Crippen LogP contribution in [-0.4, -0.2) is 34.3 Å². The molecule has 1 rings (SSSR count). The minimum Gasteiger partial charge on any atom is -0.391 e. The first-order valence-electron chi connectivity index (χ1n) is 5.91. The Bertz CT molecular complexity index is 368. The van der Waals surface area contributed by atoms with Gasteiger partial charge in [0.2, 0.25) is 0 Å². The zero-order chi connectivity index (χ0) is 12.7. The predicted molar refractivity (Wildman–Crippen MR) is 72.4 cm³/mol. The van der Waals surface area contributed by atoms with Crippen molar-refractivity contribution in [3.63, 3.8) is 0 Å². The summed E-state index contributed by atoms with van der Waals surface area (Å²) in [5, 5.41) is 12.7. The Morgan fingerprint density at radius 2 is 2.12 bits per heavy atom. The highest BCUT2D eigenvalue weighted by molar-refractivity contribution is 7.84. The molecule has 0 aromatic heterocycles. The van der Waals surface area contributed by atoms with E-state index in [9.17, 15) is 9.32 Å². The second kappa shape index (κ2) is 7.58. The number of likely N-dealkylation sites (N-methyl/N-ethyl adjacent to an activating group) is 1. The first kappa shape index (κ1) is 14.4. The van der Waals surface area contributed by atoms with Gasteiger partial charge in [0.1, 0.15) is 0 Å². The average Bonchev–Trinajstić information content (AvgIpc) is 2.29. The number of hydrogen-bond acceptors (Lipinski definition) is 3. The monoisotopic (exact) mass is 255 g/mol. The Labute approximate surface area is 106 Å². The normalized spacial score (nSPS) is 14.5. The number of nitrogens with one attached hydrogen (secondary N) is 1. The molecule has 0 bridgehead atoms. The van der Waals surface area contributed by atoms with Gasteiger partial charge in [0, 0.05) is 23.1 Å². The third-order valence-corrected chi connectivity index (χ3v) is 3.98. The lowest BCUT2D eigenvalue weighted by atomic mass is 10.1. The topological polar surface area (TPSA) is 49.3 Å². The minimum absolute atomic E-state index is 0.335. The van der Waals surface area contributed by atoms with E-state index in [4.69, 9.17) is 0 Å². The maximum Gasteiger partial charge on any atom is 0.0779 e. The minimum atomic E-state index is -1.00. The summed E-state index contributed by atoms with van der Waals surface area (Å²) in [5.74, 6) is 0.858. The van der Waals surface area contributed by atoms with Crippen LogP contribution in [0.1, 0.15) is 18.1 Å². The van der Waals surface area contributed by atoms with E-state index in [-0.39, 0.29) is 0 Å². The lowest BCUT2D eigenvalue weighted by Crippen LogP contribution is -2.31. The fraction of sp³-hybridized carbons (Fsp3) is 0.538. The van der Waals surface area contributed by atoms with Gasteiger partial charge in [-0.2, -0.15) is 0 Å². The van der Waals surface area contributed by atoms with Crippen LogP contribution in [0.5, 0.6) is 0 Å². The number of aliphatic hydroxyl groups excluding tert-OH is 1. The number of aryl methyl sites for hydroxylation is 1. The van der Waals surface area contributed by atoms with Crippen molar-refractivity contribution in [2.24, 2.45) is 0 Å². The first-order chi connectivity index (χ1) is 8.13. The Balaban J connectivity index is 2.42. The summed E-state index contributed by atoms with van der Waals surface area (Å²) < 4.78 is 11.9. The maximum absolute atomic E-state index is 11.9. The van der Waals surface area contributed by atoms with Crippen LogP contribution in [-0.2, 0) is 16.6 Å². The van der Waals surface area contributed by atoms with E-state index in [2.05, 4.69) is 5.32 Å². The number of benzene rings is 1. The van der Waals surface area contributed by atoms with E-state index in [0.717, 1.165) is 17.7 Å². The summed E-state index contributed by atoms with van der Waals surface area (Å²) in [7, 11) is -1.00. The summed E-state index contributed by atoms with van der Waals surface area (Å²) in [6, 6.07) is 7.93. The molecular formula is C13H21NO2S. The van der Waals surface area contributed by atoms with Crippen LogP contribution in [0.15, 0.2) is 24.3 Å². The molecule has 0 spiro atoms. The SMILES string of the molecule is CCNCC(O)CS(=O)Cc1ccccc1C. The molecule has 0 saturated heterocycles. The van der Waals surface area contributed by atoms with E-state index < -0.39 is 16.9 Å². The van der Waals surface area contributed by atoms with E-state index >= 15 is 0 Å². The van der Waals surface area contributed by atoms with Crippen LogP contribution in [0, 0.1) is 6.92 Å². The highest BCUT2D eigenvalue weighted by Crippen LogP contribution is 2.10. The molecule has 0 aliphatic heterocycles. The molecule has 0 saturated carbocycles.